The molecule has 0 aliphatic rings. The lowest BCUT2D eigenvalue weighted by atomic mass is 10.0. The van der Waals surface area contributed by atoms with Gasteiger partial charge in [-0.1, -0.05) is 12.1 Å². The van der Waals surface area contributed by atoms with E-state index in [1.54, 1.807) is 12.4 Å². The highest BCUT2D eigenvalue weighted by atomic mass is 15.3. The monoisotopic (exact) mass is 229 g/mol. The first-order chi connectivity index (χ1) is 8.13. The molecule has 0 amide bonds. The highest BCUT2D eigenvalue weighted by molar-refractivity contribution is 6.08. The zero-order valence-electron chi connectivity index (χ0n) is 9.64. The predicted molar refractivity (Wildman–Crippen MR) is 67.4 cm³/mol. The van der Waals surface area contributed by atoms with Gasteiger partial charge in [0, 0.05) is 24.5 Å². The fourth-order valence-electron chi connectivity index (χ4n) is 1.72. The predicted octanol–water partition coefficient (Wildman–Crippen LogP) is 0.780. The van der Waals surface area contributed by atoms with Crippen LogP contribution in [0, 0.1) is 12.3 Å². The average Bonchev–Trinajstić information content (AvgIpc) is 2.74. The quantitative estimate of drug-likeness (QED) is 0.536. The van der Waals surface area contributed by atoms with Crippen LogP contribution in [0.15, 0.2) is 30.6 Å². The van der Waals surface area contributed by atoms with Gasteiger partial charge in [-0.2, -0.15) is 0 Å². The minimum absolute atomic E-state index is 0.309. The van der Waals surface area contributed by atoms with Gasteiger partial charge < -0.3 is 11.6 Å². The van der Waals surface area contributed by atoms with E-state index < -0.39 is 0 Å². The average molecular weight is 229 g/mol. The van der Waals surface area contributed by atoms with E-state index in [9.17, 15) is 0 Å². The minimum atomic E-state index is 0.309. The number of benzene rings is 1. The van der Waals surface area contributed by atoms with Gasteiger partial charge in [-0.15, -0.1) is 0 Å². The van der Waals surface area contributed by atoms with Crippen molar-refractivity contribution in [2.24, 2.45) is 5.73 Å². The van der Waals surface area contributed by atoms with Gasteiger partial charge in [0.25, 0.3) is 0 Å². The molecule has 1 aromatic carbocycles. The number of aromatic nitrogens is 2. The highest BCUT2D eigenvalue weighted by Crippen LogP contribution is 2.13. The van der Waals surface area contributed by atoms with Crippen LogP contribution in [0.5, 0.6) is 0 Å². The maximum atomic E-state index is 8.06. The molecular formula is C12H15N5. The second kappa shape index (κ2) is 4.39. The first-order valence-electron chi connectivity index (χ1n) is 5.30. The van der Waals surface area contributed by atoms with Gasteiger partial charge in [-0.25, -0.2) is 9.66 Å². The SMILES string of the molecule is Cc1cc(C(=N)c2nccn2N)ccc1CN. The zero-order chi connectivity index (χ0) is 12.4. The largest absolute Gasteiger partial charge is 0.338 e. The molecule has 0 aliphatic heterocycles. The maximum absolute atomic E-state index is 8.06. The van der Waals surface area contributed by atoms with Crippen LogP contribution in [0.4, 0.5) is 0 Å². The number of hydrogen-bond acceptors (Lipinski definition) is 4. The van der Waals surface area contributed by atoms with Crippen LogP contribution >= 0.6 is 0 Å². The van der Waals surface area contributed by atoms with Crippen LogP contribution in [0.3, 0.4) is 0 Å². The topological polar surface area (TPSA) is 93.7 Å². The van der Waals surface area contributed by atoms with Crippen molar-refractivity contribution in [1.82, 2.24) is 9.66 Å². The number of nitrogen functional groups attached to an aromatic ring is 1. The summed E-state index contributed by atoms with van der Waals surface area (Å²) in [5, 5.41) is 8.06. The van der Waals surface area contributed by atoms with Crippen molar-refractivity contribution in [3.8, 4) is 0 Å². The molecule has 0 unspecified atom stereocenters. The summed E-state index contributed by atoms with van der Waals surface area (Å²) in [6, 6.07) is 5.73. The molecule has 0 aliphatic carbocycles. The molecule has 5 N–H and O–H groups in total. The molecule has 0 fully saturated rings. The molecule has 1 aromatic heterocycles. The number of hydrogen-bond donors (Lipinski definition) is 3. The molecule has 17 heavy (non-hydrogen) atoms. The number of rotatable bonds is 3. The summed E-state index contributed by atoms with van der Waals surface area (Å²) in [7, 11) is 0. The number of imidazole rings is 1. The molecule has 2 aromatic rings. The summed E-state index contributed by atoms with van der Waals surface area (Å²) in [5.41, 5.74) is 8.86. The van der Waals surface area contributed by atoms with Crippen molar-refractivity contribution in [3.05, 3.63) is 53.1 Å². The Morgan fingerprint density at radius 2 is 2.24 bits per heavy atom. The van der Waals surface area contributed by atoms with Gasteiger partial charge in [0.2, 0.25) is 0 Å². The third kappa shape index (κ3) is 2.05. The van der Waals surface area contributed by atoms with E-state index in [-0.39, 0.29) is 0 Å². The van der Waals surface area contributed by atoms with Crippen LogP contribution in [0.1, 0.15) is 22.5 Å². The molecule has 5 heteroatoms. The summed E-state index contributed by atoms with van der Waals surface area (Å²) in [5.74, 6) is 6.12. The Morgan fingerprint density at radius 3 is 2.76 bits per heavy atom. The number of nitrogens with zero attached hydrogens (tertiary/aromatic N) is 2. The van der Waals surface area contributed by atoms with Gasteiger partial charge in [0.15, 0.2) is 5.82 Å². The molecule has 0 atom stereocenters. The van der Waals surface area contributed by atoms with E-state index in [0.717, 1.165) is 16.7 Å². The van der Waals surface area contributed by atoms with Crippen molar-refractivity contribution in [2.45, 2.75) is 13.5 Å². The third-order valence-corrected chi connectivity index (χ3v) is 2.74. The second-order valence-corrected chi connectivity index (χ2v) is 3.88. The van der Waals surface area contributed by atoms with Gasteiger partial charge in [0.1, 0.15) is 5.71 Å². The first kappa shape index (κ1) is 11.3. The molecule has 0 radical (unpaired) electrons. The summed E-state index contributed by atoms with van der Waals surface area (Å²) in [4.78, 5) is 4.05. The van der Waals surface area contributed by atoms with Crippen molar-refractivity contribution in [1.29, 1.82) is 5.41 Å². The smallest absolute Gasteiger partial charge is 0.177 e. The van der Waals surface area contributed by atoms with Crippen molar-refractivity contribution < 1.29 is 0 Å². The summed E-state index contributed by atoms with van der Waals surface area (Å²) in [6.07, 6.45) is 3.19. The van der Waals surface area contributed by atoms with E-state index in [2.05, 4.69) is 4.98 Å². The molecule has 0 saturated carbocycles. The number of nitrogens with two attached hydrogens (primary N) is 2. The Labute approximate surface area is 99.6 Å². The van der Waals surface area contributed by atoms with Gasteiger partial charge >= 0.3 is 0 Å². The van der Waals surface area contributed by atoms with E-state index in [1.165, 1.54) is 4.68 Å². The lowest BCUT2D eigenvalue weighted by Crippen LogP contribution is -2.17. The highest BCUT2D eigenvalue weighted by Gasteiger charge is 2.10. The van der Waals surface area contributed by atoms with Crippen LogP contribution in [0.2, 0.25) is 0 Å². The lowest BCUT2D eigenvalue weighted by molar-refractivity contribution is 0.975. The lowest BCUT2D eigenvalue weighted by Gasteiger charge is -2.08. The third-order valence-electron chi connectivity index (χ3n) is 2.74. The van der Waals surface area contributed by atoms with E-state index in [4.69, 9.17) is 17.0 Å². The van der Waals surface area contributed by atoms with Crippen LogP contribution in [-0.2, 0) is 6.54 Å². The normalized spacial score (nSPS) is 10.5. The van der Waals surface area contributed by atoms with Gasteiger partial charge in [0.05, 0.1) is 0 Å². The Balaban J connectivity index is 2.39. The van der Waals surface area contributed by atoms with Gasteiger partial charge in [-0.3, -0.25) is 5.41 Å². The molecule has 0 saturated heterocycles. The Bertz CT molecular complexity index is 556. The fourth-order valence-corrected chi connectivity index (χ4v) is 1.72. The summed E-state index contributed by atoms with van der Waals surface area (Å²) >= 11 is 0. The van der Waals surface area contributed by atoms with Crippen molar-refractivity contribution in [3.63, 3.8) is 0 Å². The molecule has 2 rings (SSSR count). The molecule has 1 heterocycles. The van der Waals surface area contributed by atoms with Crippen molar-refractivity contribution >= 4 is 5.71 Å². The Kier molecular flexibility index (Phi) is 2.93. The number of aryl methyl sites for hydroxylation is 1. The van der Waals surface area contributed by atoms with Crippen LogP contribution in [0.25, 0.3) is 0 Å². The van der Waals surface area contributed by atoms with Crippen molar-refractivity contribution in [2.75, 3.05) is 5.84 Å². The first-order valence-corrected chi connectivity index (χ1v) is 5.30. The summed E-state index contributed by atoms with van der Waals surface area (Å²) in [6.45, 7) is 2.48. The molecule has 0 spiro atoms. The standard InChI is InChI=1S/C12H15N5/c1-8-6-9(2-3-10(8)7-13)11(14)12-16-4-5-17(12)15/h2-6,14H,7,13,15H2,1H3. The van der Waals surface area contributed by atoms with Crippen LogP contribution < -0.4 is 11.6 Å². The van der Waals surface area contributed by atoms with E-state index in [1.807, 2.05) is 25.1 Å². The molecule has 0 bridgehead atoms. The Hall–Kier alpha value is -2.14. The minimum Gasteiger partial charge on any atom is -0.338 e. The van der Waals surface area contributed by atoms with Gasteiger partial charge in [-0.05, 0) is 24.1 Å². The van der Waals surface area contributed by atoms with E-state index >= 15 is 0 Å². The molecule has 88 valence electrons. The molecular weight excluding hydrogens is 214 g/mol. The van der Waals surface area contributed by atoms with E-state index in [0.29, 0.717) is 18.1 Å². The fraction of sp³-hybridized carbons (Fsp3) is 0.167. The molecule has 5 nitrogen and oxygen atoms in total. The summed E-state index contributed by atoms with van der Waals surface area (Å²) < 4.78 is 1.34. The zero-order valence-corrected chi connectivity index (χ0v) is 9.64. The number of nitrogens with one attached hydrogen (secondary N) is 1. The maximum Gasteiger partial charge on any atom is 0.177 e. The Morgan fingerprint density at radius 1 is 1.47 bits per heavy atom. The second-order valence-electron chi connectivity index (χ2n) is 3.88. The van der Waals surface area contributed by atoms with Crippen LogP contribution in [-0.4, -0.2) is 15.4 Å².